The van der Waals surface area contributed by atoms with Crippen molar-refractivity contribution in [3.63, 3.8) is 0 Å². The van der Waals surface area contributed by atoms with Gasteiger partial charge in [-0.2, -0.15) is 0 Å². The summed E-state index contributed by atoms with van der Waals surface area (Å²) < 4.78 is 24.8. The van der Waals surface area contributed by atoms with Crippen molar-refractivity contribution in [2.75, 3.05) is 6.61 Å². The molecule has 1 fully saturated rings. The van der Waals surface area contributed by atoms with Gasteiger partial charge in [-0.15, -0.1) is 0 Å². The summed E-state index contributed by atoms with van der Waals surface area (Å²) in [4.78, 5) is 0. The highest BCUT2D eigenvalue weighted by Crippen LogP contribution is 2.39. The van der Waals surface area contributed by atoms with Crippen LogP contribution in [0.15, 0.2) is 12.1 Å². The minimum atomic E-state index is -1.91. The zero-order valence-corrected chi connectivity index (χ0v) is 21.8. The molecule has 1 aliphatic heterocycles. The summed E-state index contributed by atoms with van der Waals surface area (Å²) in [5.41, 5.74) is 0. The molecule has 0 saturated carbocycles. The zero-order chi connectivity index (χ0) is 21.3. The van der Waals surface area contributed by atoms with Crippen molar-refractivity contribution in [3.8, 4) is 0 Å². The Morgan fingerprint density at radius 1 is 0.889 bits per heavy atom. The quantitative estimate of drug-likeness (QED) is 0.493. The summed E-state index contributed by atoms with van der Waals surface area (Å²) in [5.74, 6) is 1.99. The summed E-state index contributed by atoms with van der Waals surface area (Å²) in [6.45, 7) is 27.4. The van der Waals surface area contributed by atoms with Gasteiger partial charge >= 0.3 is 7.12 Å². The summed E-state index contributed by atoms with van der Waals surface area (Å²) in [5, 5.41) is 0.334. The second-order valence-electron chi connectivity index (χ2n) is 10.9. The van der Waals surface area contributed by atoms with Gasteiger partial charge in [0, 0.05) is 0 Å². The van der Waals surface area contributed by atoms with Gasteiger partial charge in [-0.1, -0.05) is 53.6 Å². The van der Waals surface area contributed by atoms with Crippen molar-refractivity contribution in [2.24, 2.45) is 0 Å². The van der Waals surface area contributed by atoms with E-state index in [1.54, 1.807) is 0 Å². The minimum Gasteiger partial charge on any atom is -0.414 e. The molecule has 0 spiro atoms. The summed E-state index contributed by atoms with van der Waals surface area (Å²) in [7, 11) is -4.04. The lowest BCUT2D eigenvalue weighted by atomic mass is 9.90. The Bertz CT molecular complexity index is 499. The van der Waals surface area contributed by atoms with Crippen molar-refractivity contribution in [2.45, 2.75) is 110 Å². The van der Waals surface area contributed by atoms with Crippen LogP contribution < -0.4 is 0 Å². The average molecular weight is 415 g/mol. The van der Waals surface area contributed by atoms with Crippen LogP contribution in [0.25, 0.3) is 0 Å². The largest absolute Gasteiger partial charge is 0.486 e. The molecule has 1 heterocycles. The highest BCUT2D eigenvalue weighted by atomic mass is 28.4. The Hall–Kier alpha value is 0.0787. The Morgan fingerprint density at radius 2 is 1.33 bits per heavy atom. The highest BCUT2D eigenvalue weighted by Gasteiger charge is 2.41. The molecule has 158 valence electrons. The number of rotatable bonds is 7. The standard InChI is InChI=1S/C20H43BO4Si2/c1-16-17(2)24-21(23-16)14-13-18(25-27(11,12)20(6,7)8)15-22-26(9,10)19(3,4)5/h13-14,16-18H,15H2,1-12H3/b14-13+/t16?,17?,18-/m0/s1. The molecule has 4 nitrogen and oxygen atoms in total. The summed E-state index contributed by atoms with van der Waals surface area (Å²) >= 11 is 0. The number of hydrogen-bond donors (Lipinski definition) is 0. The fourth-order valence-corrected chi connectivity index (χ4v) is 4.44. The van der Waals surface area contributed by atoms with Gasteiger partial charge in [-0.05, 0) is 50.1 Å². The van der Waals surface area contributed by atoms with Gasteiger partial charge in [0.2, 0.25) is 0 Å². The van der Waals surface area contributed by atoms with Crippen LogP contribution in [0.5, 0.6) is 0 Å². The topological polar surface area (TPSA) is 36.9 Å². The predicted octanol–water partition coefficient (Wildman–Crippen LogP) is 5.81. The van der Waals surface area contributed by atoms with E-state index >= 15 is 0 Å². The summed E-state index contributed by atoms with van der Waals surface area (Å²) in [6.07, 6.45) is 2.23. The van der Waals surface area contributed by atoms with E-state index in [9.17, 15) is 0 Å². The second-order valence-corrected chi connectivity index (χ2v) is 20.5. The fraction of sp³-hybridized carbons (Fsp3) is 0.900. The zero-order valence-electron chi connectivity index (χ0n) is 19.8. The molecule has 0 radical (unpaired) electrons. The van der Waals surface area contributed by atoms with Crippen molar-refractivity contribution in [1.29, 1.82) is 0 Å². The molecular formula is C20H43BO4Si2. The third kappa shape index (κ3) is 7.12. The van der Waals surface area contributed by atoms with Crippen LogP contribution >= 0.6 is 0 Å². The molecule has 3 atom stereocenters. The van der Waals surface area contributed by atoms with E-state index in [0.717, 1.165) is 0 Å². The van der Waals surface area contributed by atoms with Gasteiger partial charge in [0.05, 0.1) is 24.9 Å². The molecule has 0 aromatic carbocycles. The van der Waals surface area contributed by atoms with E-state index in [0.29, 0.717) is 6.61 Å². The monoisotopic (exact) mass is 414 g/mol. The van der Waals surface area contributed by atoms with Crippen LogP contribution in [-0.2, 0) is 18.2 Å². The molecule has 1 rings (SSSR count). The van der Waals surface area contributed by atoms with Gasteiger partial charge in [0.1, 0.15) is 0 Å². The van der Waals surface area contributed by atoms with E-state index in [-0.39, 0.29) is 35.5 Å². The van der Waals surface area contributed by atoms with Crippen LogP contribution in [0.1, 0.15) is 55.4 Å². The molecule has 7 heteroatoms. The minimum absolute atomic E-state index is 0.0848. The third-order valence-electron chi connectivity index (χ3n) is 6.51. The highest BCUT2D eigenvalue weighted by molar-refractivity contribution is 6.74. The van der Waals surface area contributed by atoms with Crippen LogP contribution in [0.4, 0.5) is 0 Å². The first-order valence-corrected chi connectivity index (χ1v) is 16.1. The molecule has 0 aromatic rings. The van der Waals surface area contributed by atoms with Crippen LogP contribution in [0, 0.1) is 0 Å². The first kappa shape index (κ1) is 25.1. The summed E-state index contributed by atoms with van der Waals surface area (Å²) in [6, 6.07) is 0. The Kier molecular flexibility index (Phi) is 8.22. The molecule has 0 N–H and O–H groups in total. The van der Waals surface area contributed by atoms with E-state index in [1.165, 1.54) is 0 Å². The van der Waals surface area contributed by atoms with E-state index in [2.05, 4.69) is 73.8 Å². The van der Waals surface area contributed by atoms with Gasteiger partial charge in [-0.25, -0.2) is 0 Å². The van der Waals surface area contributed by atoms with E-state index < -0.39 is 16.6 Å². The molecule has 2 unspecified atom stereocenters. The molecule has 1 saturated heterocycles. The normalized spacial score (nSPS) is 24.1. The molecule has 0 aliphatic carbocycles. The second kappa shape index (κ2) is 8.84. The van der Waals surface area contributed by atoms with Crippen LogP contribution in [0.2, 0.25) is 36.3 Å². The Morgan fingerprint density at radius 3 is 1.74 bits per heavy atom. The van der Waals surface area contributed by atoms with Crippen LogP contribution in [0.3, 0.4) is 0 Å². The van der Waals surface area contributed by atoms with Crippen molar-refractivity contribution < 1.29 is 18.2 Å². The Labute approximate surface area is 170 Å². The molecule has 0 amide bonds. The van der Waals surface area contributed by atoms with Crippen LogP contribution in [-0.4, -0.2) is 48.7 Å². The first-order valence-electron chi connectivity index (χ1n) is 10.3. The number of hydrogen-bond acceptors (Lipinski definition) is 4. The van der Waals surface area contributed by atoms with Gasteiger partial charge < -0.3 is 18.2 Å². The smallest absolute Gasteiger partial charge is 0.414 e. The maximum Gasteiger partial charge on any atom is 0.486 e. The SMILES string of the molecule is CC1OB(/C=C/[C@@H](CO[Si](C)(C)C(C)(C)C)O[Si](C)(C)C(C)(C)C)OC1C. The van der Waals surface area contributed by atoms with E-state index in [4.69, 9.17) is 18.2 Å². The van der Waals surface area contributed by atoms with Crippen molar-refractivity contribution in [1.82, 2.24) is 0 Å². The molecular weight excluding hydrogens is 371 g/mol. The van der Waals surface area contributed by atoms with Gasteiger partial charge in [0.15, 0.2) is 16.6 Å². The molecule has 27 heavy (non-hydrogen) atoms. The molecule has 0 bridgehead atoms. The van der Waals surface area contributed by atoms with Gasteiger partial charge in [-0.3, -0.25) is 0 Å². The first-order chi connectivity index (χ1) is 12.0. The predicted molar refractivity (Wildman–Crippen MR) is 121 cm³/mol. The molecule has 1 aliphatic rings. The average Bonchev–Trinajstić information content (AvgIpc) is 2.78. The lowest BCUT2D eigenvalue weighted by Gasteiger charge is -2.41. The van der Waals surface area contributed by atoms with E-state index in [1.807, 2.05) is 19.8 Å². The van der Waals surface area contributed by atoms with Crippen molar-refractivity contribution in [3.05, 3.63) is 12.1 Å². The van der Waals surface area contributed by atoms with Gasteiger partial charge in [0.25, 0.3) is 0 Å². The lowest BCUT2D eigenvalue weighted by molar-refractivity contribution is 0.141. The van der Waals surface area contributed by atoms with Crippen molar-refractivity contribution >= 4 is 23.8 Å². The lowest BCUT2D eigenvalue weighted by Crippen LogP contribution is -2.47. The Balaban J connectivity index is 2.89. The third-order valence-corrected chi connectivity index (χ3v) is 15.5. The fourth-order valence-electron chi connectivity index (χ4n) is 2.17. The maximum atomic E-state index is 6.66. The maximum absolute atomic E-state index is 6.66. The molecule has 0 aromatic heterocycles.